The number of aryl methyl sites for hydroxylation is 1. The number of ether oxygens (including phenoxy) is 1. The molecule has 0 aliphatic rings. The zero-order chi connectivity index (χ0) is 22.3. The second-order valence-corrected chi connectivity index (χ2v) is 8.99. The lowest BCUT2D eigenvalue weighted by Gasteiger charge is -2.29. The minimum atomic E-state index is -0.629. The van der Waals surface area contributed by atoms with Gasteiger partial charge in [0.1, 0.15) is 11.8 Å². The molecule has 0 aliphatic carbocycles. The van der Waals surface area contributed by atoms with E-state index in [0.29, 0.717) is 29.8 Å². The predicted octanol–water partition coefficient (Wildman–Crippen LogP) is 4.98. The highest BCUT2D eigenvalue weighted by Crippen LogP contribution is 2.21. The van der Waals surface area contributed by atoms with Crippen molar-refractivity contribution in [3.8, 4) is 5.75 Å². The van der Waals surface area contributed by atoms with Crippen LogP contribution in [0, 0.1) is 12.8 Å². The first-order chi connectivity index (χ1) is 14.2. The Kier molecular flexibility index (Phi) is 9.18. The fraction of sp³-hybridized carbons (Fsp3) is 0.391. The number of rotatable bonds is 9. The molecule has 7 heteroatoms. The monoisotopic (exact) mass is 494 g/mol. The lowest BCUT2D eigenvalue weighted by molar-refractivity contribution is -0.142. The third-order valence-electron chi connectivity index (χ3n) is 4.61. The average molecular weight is 496 g/mol. The Labute approximate surface area is 191 Å². The maximum absolute atomic E-state index is 13.0. The number of carbonyl (C=O) groups is 2. The molecule has 2 aromatic rings. The van der Waals surface area contributed by atoms with Crippen LogP contribution in [0.2, 0.25) is 5.02 Å². The minimum Gasteiger partial charge on any atom is -0.484 e. The van der Waals surface area contributed by atoms with Crippen molar-refractivity contribution in [1.82, 2.24) is 10.2 Å². The van der Waals surface area contributed by atoms with Gasteiger partial charge in [0.25, 0.3) is 5.91 Å². The molecule has 0 saturated carbocycles. The Bertz CT molecular complexity index is 871. The second kappa shape index (κ2) is 11.4. The highest BCUT2D eigenvalue weighted by molar-refractivity contribution is 9.10. The number of benzene rings is 2. The fourth-order valence-electron chi connectivity index (χ4n) is 2.76. The number of nitrogens with zero attached hydrogens (tertiary/aromatic N) is 1. The quantitative estimate of drug-likeness (QED) is 0.534. The Morgan fingerprint density at radius 2 is 1.80 bits per heavy atom. The van der Waals surface area contributed by atoms with Gasteiger partial charge in [-0.1, -0.05) is 53.5 Å². The fourth-order valence-corrected chi connectivity index (χ4v) is 3.14. The molecule has 30 heavy (non-hydrogen) atoms. The smallest absolute Gasteiger partial charge is 0.261 e. The number of hydrogen-bond acceptors (Lipinski definition) is 3. The molecule has 0 heterocycles. The van der Waals surface area contributed by atoms with E-state index < -0.39 is 6.04 Å². The summed E-state index contributed by atoms with van der Waals surface area (Å²) in [6, 6.07) is 12.3. The first-order valence-corrected chi connectivity index (χ1v) is 11.0. The summed E-state index contributed by atoms with van der Waals surface area (Å²) in [5, 5.41) is 3.54. The molecule has 0 aliphatic heterocycles. The molecule has 0 radical (unpaired) electrons. The highest BCUT2D eigenvalue weighted by Gasteiger charge is 2.26. The third-order valence-corrected chi connectivity index (χ3v) is 5.56. The number of hydrogen-bond donors (Lipinski definition) is 1. The topological polar surface area (TPSA) is 58.6 Å². The lowest BCUT2D eigenvalue weighted by Crippen LogP contribution is -2.49. The van der Waals surface area contributed by atoms with Crippen LogP contribution in [0.1, 0.15) is 31.9 Å². The van der Waals surface area contributed by atoms with Crippen molar-refractivity contribution < 1.29 is 14.3 Å². The summed E-state index contributed by atoms with van der Waals surface area (Å²) < 4.78 is 6.63. The molecule has 2 amide bonds. The van der Waals surface area contributed by atoms with Crippen LogP contribution in [0.5, 0.6) is 5.75 Å². The van der Waals surface area contributed by atoms with E-state index in [1.54, 1.807) is 30.0 Å². The van der Waals surface area contributed by atoms with Crippen molar-refractivity contribution in [1.29, 1.82) is 0 Å². The minimum absolute atomic E-state index is 0.167. The highest BCUT2D eigenvalue weighted by atomic mass is 79.9. The summed E-state index contributed by atoms with van der Waals surface area (Å²) in [4.78, 5) is 27.2. The number of carbonyl (C=O) groups excluding carboxylic acids is 2. The molecule has 2 rings (SSSR count). The maximum Gasteiger partial charge on any atom is 0.261 e. The van der Waals surface area contributed by atoms with Crippen LogP contribution in [0.15, 0.2) is 46.9 Å². The molecule has 0 spiro atoms. The zero-order valence-corrected chi connectivity index (χ0v) is 20.1. The average Bonchev–Trinajstić information content (AvgIpc) is 2.71. The molecule has 2 aromatic carbocycles. The van der Waals surface area contributed by atoms with Gasteiger partial charge in [0, 0.05) is 22.6 Å². The third kappa shape index (κ3) is 7.33. The van der Waals surface area contributed by atoms with Crippen LogP contribution in [0.25, 0.3) is 0 Å². The summed E-state index contributed by atoms with van der Waals surface area (Å²) in [5.74, 6) is 0.438. The van der Waals surface area contributed by atoms with Gasteiger partial charge in [0.05, 0.1) is 0 Å². The number of halogens is 2. The second-order valence-electron chi connectivity index (χ2n) is 7.66. The summed E-state index contributed by atoms with van der Waals surface area (Å²) >= 11 is 9.46. The maximum atomic E-state index is 13.0. The van der Waals surface area contributed by atoms with Crippen LogP contribution < -0.4 is 10.1 Å². The van der Waals surface area contributed by atoms with Crippen molar-refractivity contribution in [3.63, 3.8) is 0 Å². The van der Waals surface area contributed by atoms with Gasteiger partial charge in [-0.3, -0.25) is 9.59 Å². The van der Waals surface area contributed by atoms with E-state index in [2.05, 4.69) is 21.2 Å². The number of nitrogens with one attached hydrogen (secondary N) is 1. The van der Waals surface area contributed by atoms with Gasteiger partial charge >= 0.3 is 0 Å². The van der Waals surface area contributed by atoms with Gasteiger partial charge in [0.15, 0.2) is 6.61 Å². The Morgan fingerprint density at radius 3 is 2.40 bits per heavy atom. The standard InChI is InChI=1S/C23H28BrClN2O3/c1-15(2)12-26-23(29)17(4)27(13-18-5-7-19(24)8-6-18)22(28)14-30-20-9-10-21(25)16(3)11-20/h5-11,15,17H,12-14H2,1-4H3,(H,26,29)/t17-/m0/s1. The Balaban J connectivity index is 2.13. The van der Waals surface area contributed by atoms with E-state index >= 15 is 0 Å². The molecule has 162 valence electrons. The normalized spacial score (nSPS) is 11.8. The van der Waals surface area contributed by atoms with E-state index in [1.807, 2.05) is 45.0 Å². The van der Waals surface area contributed by atoms with Crippen molar-refractivity contribution >= 4 is 39.3 Å². The van der Waals surface area contributed by atoms with E-state index in [0.717, 1.165) is 15.6 Å². The van der Waals surface area contributed by atoms with Crippen molar-refractivity contribution in [2.45, 2.75) is 40.3 Å². The number of amides is 2. The lowest BCUT2D eigenvalue weighted by atomic mass is 10.1. The van der Waals surface area contributed by atoms with Crippen molar-refractivity contribution in [2.75, 3.05) is 13.2 Å². The molecule has 1 atom stereocenters. The van der Waals surface area contributed by atoms with Crippen LogP contribution in [-0.4, -0.2) is 35.9 Å². The van der Waals surface area contributed by atoms with Gasteiger partial charge in [-0.2, -0.15) is 0 Å². The van der Waals surface area contributed by atoms with Gasteiger partial charge in [0.2, 0.25) is 5.91 Å². The van der Waals surface area contributed by atoms with E-state index in [-0.39, 0.29) is 18.4 Å². The largest absolute Gasteiger partial charge is 0.484 e. The van der Waals surface area contributed by atoms with Gasteiger partial charge < -0.3 is 15.0 Å². The van der Waals surface area contributed by atoms with Gasteiger partial charge in [-0.25, -0.2) is 0 Å². The molecule has 0 saturated heterocycles. The SMILES string of the molecule is Cc1cc(OCC(=O)N(Cc2ccc(Br)cc2)[C@@H](C)C(=O)NCC(C)C)ccc1Cl. The summed E-state index contributed by atoms with van der Waals surface area (Å²) in [6.45, 7) is 8.36. The molecule has 0 unspecified atom stereocenters. The van der Waals surface area contributed by atoms with Gasteiger partial charge in [-0.05, 0) is 61.2 Å². The molecular formula is C23H28BrClN2O3. The zero-order valence-electron chi connectivity index (χ0n) is 17.7. The first kappa shape index (κ1) is 24.2. The van der Waals surface area contributed by atoms with Gasteiger partial charge in [-0.15, -0.1) is 0 Å². The first-order valence-electron chi connectivity index (χ1n) is 9.88. The van der Waals surface area contributed by atoms with E-state index in [1.165, 1.54) is 0 Å². The molecule has 0 fully saturated rings. The van der Waals surface area contributed by atoms with Crippen molar-refractivity contribution in [2.24, 2.45) is 5.92 Å². The molecular weight excluding hydrogens is 468 g/mol. The molecule has 1 N–H and O–H groups in total. The van der Waals surface area contributed by atoms with E-state index in [9.17, 15) is 9.59 Å². The Morgan fingerprint density at radius 1 is 1.13 bits per heavy atom. The van der Waals surface area contributed by atoms with Crippen LogP contribution in [-0.2, 0) is 16.1 Å². The summed E-state index contributed by atoms with van der Waals surface area (Å²) in [6.07, 6.45) is 0. The van der Waals surface area contributed by atoms with Crippen LogP contribution >= 0.6 is 27.5 Å². The van der Waals surface area contributed by atoms with E-state index in [4.69, 9.17) is 16.3 Å². The van der Waals surface area contributed by atoms with Crippen molar-refractivity contribution in [3.05, 3.63) is 63.1 Å². The predicted molar refractivity (Wildman–Crippen MR) is 124 cm³/mol. The Hall–Kier alpha value is -2.05. The summed E-state index contributed by atoms with van der Waals surface area (Å²) in [7, 11) is 0. The molecule has 0 bridgehead atoms. The van der Waals surface area contributed by atoms with Crippen LogP contribution in [0.3, 0.4) is 0 Å². The summed E-state index contributed by atoms with van der Waals surface area (Å²) in [5.41, 5.74) is 1.80. The van der Waals surface area contributed by atoms with Crippen LogP contribution in [0.4, 0.5) is 0 Å². The molecule has 5 nitrogen and oxygen atoms in total. The molecule has 0 aromatic heterocycles.